The van der Waals surface area contributed by atoms with Gasteiger partial charge in [0.1, 0.15) is 5.78 Å². The van der Waals surface area contributed by atoms with E-state index in [4.69, 9.17) is 4.43 Å². The maximum absolute atomic E-state index is 14.1. The van der Waals surface area contributed by atoms with E-state index in [-0.39, 0.29) is 10.5 Å². The van der Waals surface area contributed by atoms with Crippen molar-refractivity contribution < 1.29 is 9.22 Å². The van der Waals surface area contributed by atoms with Gasteiger partial charge in [0.25, 0.3) is 0 Å². The summed E-state index contributed by atoms with van der Waals surface area (Å²) in [5, 5.41) is 0.258. The Morgan fingerprint density at radius 3 is 2.46 bits per heavy atom. The second-order valence-corrected chi connectivity index (χ2v) is 17.9. The van der Waals surface area contributed by atoms with Crippen molar-refractivity contribution in [2.45, 2.75) is 98.2 Å². The number of ketones is 1. The minimum atomic E-state index is -1.73. The van der Waals surface area contributed by atoms with Gasteiger partial charge in [-0.15, -0.1) is 0 Å². The molecule has 0 aromatic carbocycles. The highest BCUT2D eigenvalue weighted by Crippen LogP contribution is 2.72. The summed E-state index contributed by atoms with van der Waals surface area (Å²) in [5.74, 6) is 4.18. The molecule has 7 atom stereocenters. The van der Waals surface area contributed by atoms with E-state index in [0.717, 1.165) is 18.9 Å². The first-order valence-corrected chi connectivity index (χ1v) is 14.9. The maximum Gasteiger partial charge on any atom is 0.191 e. The van der Waals surface area contributed by atoms with Gasteiger partial charge in [-0.2, -0.15) is 0 Å². The van der Waals surface area contributed by atoms with Gasteiger partial charge in [-0.05, 0) is 85.2 Å². The molecule has 0 aromatic rings. The highest BCUT2D eigenvalue weighted by Gasteiger charge is 2.69. The molecule has 0 heterocycles. The van der Waals surface area contributed by atoms with Crippen LogP contribution < -0.4 is 0 Å². The van der Waals surface area contributed by atoms with Crippen LogP contribution >= 0.6 is 0 Å². The van der Waals surface area contributed by atoms with E-state index in [0.29, 0.717) is 40.8 Å². The maximum atomic E-state index is 14.1. The van der Waals surface area contributed by atoms with E-state index in [2.05, 4.69) is 54.6 Å². The highest BCUT2D eigenvalue weighted by atomic mass is 28.4. The summed E-state index contributed by atoms with van der Waals surface area (Å²) in [4.78, 5) is 14.1. The van der Waals surface area contributed by atoms with Crippen LogP contribution in [0.1, 0.15) is 80.1 Å². The van der Waals surface area contributed by atoms with Crippen molar-refractivity contribution in [2.24, 2.45) is 46.3 Å². The number of hydrogen-bond donors (Lipinski definition) is 0. The molecule has 0 radical (unpaired) electrons. The molecule has 28 heavy (non-hydrogen) atoms. The van der Waals surface area contributed by atoms with Crippen LogP contribution in [0.3, 0.4) is 0 Å². The fourth-order valence-electron chi connectivity index (χ4n) is 7.57. The summed E-state index contributed by atoms with van der Waals surface area (Å²) < 4.78 is 6.71. The monoisotopic (exact) mass is 404 g/mol. The number of carbonyl (C=O) groups is 1. The van der Waals surface area contributed by atoms with Gasteiger partial charge >= 0.3 is 0 Å². The molecule has 0 N–H and O–H groups in total. The lowest BCUT2D eigenvalue weighted by molar-refractivity contribution is -0.138. The molecule has 4 fully saturated rings. The quantitative estimate of drug-likeness (QED) is 0.489. The second-order valence-electron chi connectivity index (χ2n) is 13.1. The SMILES string of the molecule is C[C@@H]1C[C@@H]2[C@H]([C@@H]3C[C@H](CO[Si](C)(C)C(C)(C)C)C[C@@H]4CCC[C@]41C3=O)C2(C)C. The van der Waals surface area contributed by atoms with Crippen LogP contribution in [0.5, 0.6) is 0 Å². The highest BCUT2D eigenvalue weighted by molar-refractivity contribution is 6.74. The number of Topliss-reactive ketones (excluding diaryl/α,β-unsaturated/α-hetero) is 1. The predicted octanol–water partition coefficient (Wildman–Crippen LogP) is 6.70. The summed E-state index contributed by atoms with van der Waals surface area (Å²) in [5.41, 5.74) is 0.388. The number of rotatable bonds is 3. The minimum absolute atomic E-state index is 0.0138. The Kier molecular flexibility index (Phi) is 4.84. The van der Waals surface area contributed by atoms with Crippen LogP contribution in [0, 0.1) is 46.3 Å². The Bertz CT molecular complexity index is 645. The number of fused-ring (bicyclic) bond motifs is 3. The normalized spacial score (nSPS) is 45.1. The van der Waals surface area contributed by atoms with Crippen molar-refractivity contribution in [1.29, 1.82) is 0 Å². The van der Waals surface area contributed by atoms with Crippen molar-refractivity contribution in [2.75, 3.05) is 6.61 Å². The molecule has 0 unspecified atom stereocenters. The van der Waals surface area contributed by atoms with Crippen molar-refractivity contribution in [3.63, 3.8) is 0 Å². The molecule has 1 spiro atoms. The molecule has 2 nitrogen and oxygen atoms in total. The van der Waals surface area contributed by atoms with E-state index >= 15 is 0 Å². The molecule has 3 heteroatoms. The lowest BCUT2D eigenvalue weighted by Crippen LogP contribution is -2.43. The van der Waals surface area contributed by atoms with Gasteiger partial charge < -0.3 is 4.43 Å². The lowest BCUT2D eigenvalue weighted by atomic mass is 9.62. The molecule has 4 aliphatic rings. The number of carbonyl (C=O) groups excluding carboxylic acids is 1. The standard InChI is InChI=1S/C25H44O2Si/c1-16-12-20-21(24(20,5)6)19-14-17(15-27-28(7,8)23(2,3)4)13-18-10-9-11-25(16,18)22(19)26/h16-21H,9-15H2,1-8H3/t16-,17-,18+,19+,20-,21+,25-/m1/s1. The van der Waals surface area contributed by atoms with Gasteiger partial charge in [-0.3, -0.25) is 4.79 Å². The zero-order valence-electron chi connectivity index (χ0n) is 19.7. The average molecular weight is 405 g/mol. The molecule has 0 amide bonds. The summed E-state index contributed by atoms with van der Waals surface area (Å²) >= 11 is 0. The summed E-state index contributed by atoms with van der Waals surface area (Å²) in [7, 11) is -1.73. The molecule has 0 saturated heterocycles. The van der Waals surface area contributed by atoms with Crippen LogP contribution in [0.4, 0.5) is 0 Å². The molecule has 4 aliphatic carbocycles. The zero-order chi connectivity index (χ0) is 20.7. The largest absolute Gasteiger partial charge is 0.417 e. The molecular formula is C25H44O2Si. The molecule has 4 saturated carbocycles. The molecule has 2 bridgehead atoms. The Morgan fingerprint density at radius 2 is 1.82 bits per heavy atom. The van der Waals surface area contributed by atoms with E-state index in [9.17, 15) is 4.79 Å². The molecule has 0 aromatic heterocycles. The fourth-order valence-corrected chi connectivity index (χ4v) is 8.66. The van der Waals surface area contributed by atoms with E-state index in [1.54, 1.807) is 0 Å². The Balaban J connectivity index is 1.61. The summed E-state index contributed by atoms with van der Waals surface area (Å²) in [6.45, 7) is 19.9. The smallest absolute Gasteiger partial charge is 0.191 e. The third-order valence-electron chi connectivity index (χ3n) is 10.4. The van der Waals surface area contributed by atoms with Gasteiger partial charge in [0.15, 0.2) is 8.32 Å². The Morgan fingerprint density at radius 1 is 1.14 bits per heavy atom. The van der Waals surface area contributed by atoms with Gasteiger partial charge in [0.05, 0.1) is 0 Å². The lowest BCUT2D eigenvalue weighted by Gasteiger charge is -2.40. The zero-order valence-corrected chi connectivity index (χ0v) is 20.7. The Hall–Kier alpha value is -0.153. The third kappa shape index (κ3) is 2.93. The molecular weight excluding hydrogens is 360 g/mol. The minimum Gasteiger partial charge on any atom is -0.417 e. The molecule has 160 valence electrons. The first-order valence-electron chi connectivity index (χ1n) is 12.0. The first kappa shape index (κ1) is 21.1. The van der Waals surface area contributed by atoms with E-state index in [1.165, 1.54) is 32.1 Å². The Labute approximate surface area is 174 Å². The van der Waals surface area contributed by atoms with Crippen molar-refractivity contribution in [1.82, 2.24) is 0 Å². The summed E-state index contributed by atoms with van der Waals surface area (Å²) in [6.07, 6.45) is 7.34. The van der Waals surface area contributed by atoms with Gasteiger partial charge in [0, 0.05) is 17.9 Å². The van der Waals surface area contributed by atoms with Gasteiger partial charge in [-0.25, -0.2) is 0 Å². The summed E-state index contributed by atoms with van der Waals surface area (Å²) in [6, 6.07) is 0. The second kappa shape index (κ2) is 6.42. The van der Waals surface area contributed by atoms with Crippen LogP contribution in [0.25, 0.3) is 0 Å². The van der Waals surface area contributed by atoms with Crippen LogP contribution in [-0.4, -0.2) is 20.7 Å². The van der Waals surface area contributed by atoms with Gasteiger partial charge in [-0.1, -0.05) is 48.0 Å². The van der Waals surface area contributed by atoms with Crippen molar-refractivity contribution >= 4 is 14.1 Å². The fraction of sp³-hybridized carbons (Fsp3) is 0.960. The number of hydrogen-bond acceptors (Lipinski definition) is 2. The third-order valence-corrected chi connectivity index (χ3v) is 14.9. The van der Waals surface area contributed by atoms with Crippen LogP contribution in [0.15, 0.2) is 0 Å². The molecule has 4 rings (SSSR count). The molecule has 0 aliphatic heterocycles. The first-order chi connectivity index (χ1) is 12.8. The topological polar surface area (TPSA) is 26.3 Å². The van der Waals surface area contributed by atoms with E-state index in [1.807, 2.05) is 0 Å². The van der Waals surface area contributed by atoms with Crippen molar-refractivity contribution in [3.05, 3.63) is 0 Å². The average Bonchev–Trinajstić information content (AvgIpc) is 2.96. The van der Waals surface area contributed by atoms with Gasteiger partial charge in [0.2, 0.25) is 0 Å². The van der Waals surface area contributed by atoms with E-state index < -0.39 is 8.32 Å². The predicted molar refractivity (Wildman–Crippen MR) is 119 cm³/mol. The van der Waals surface area contributed by atoms with Crippen LogP contribution in [0.2, 0.25) is 18.1 Å². The van der Waals surface area contributed by atoms with Crippen LogP contribution in [-0.2, 0) is 9.22 Å². The van der Waals surface area contributed by atoms with Crippen molar-refractivity contribution in [3.8, 4) is 0 Å².